The van der Waals surface area contributed by atoms with Crippen molar-refractivity contribution in [2.45, 2.75) is 33.7 Å². The van der Waals surface area contributed by atoms with E-state index in [1.807, 2.05) is 6.33 Å². The lowest BCUT2D eigenvalue weighted by atomic mass is 10.1. The molecule has 0 fully saturated rings. The summed E-state index contributed by atoms with van der Waals surface area (Å²) in [5.41, 5.74) is 3.64. The van der Waals surface area contributed by atoms with E-state index in [9.17, 15) is 0 Å². The summed E-state index contributed by atoms with van der Waals surface area (Å²) in [4.78, 5) is 4.42. The highest BCUT2D eigenvalue weighted by Crippen LogP contribution is 2.15. The molecule has 1 aromatic heterocycles. The van der Waals surface area contributed by atoms with Crippen LogP contribution >= 0.6 is 0 Å². The van der Waals surface area contributed by atoms with Crippen LogP contribution < -0.4 is 0 Å². The van der Waals surface area contributed by atoms with Crippen molar-refractivity contribution in [3.05, 3.63) is 30.1 Å². The molecule has 0 saturated carbocycles. The number of imidazole rings is 1. The van der Waals surface area contributed by atoms with Gasteiger partial charge in [-0.25, -0.2) is 4.98 Å². The maximum Gasteiger partial charge on any atom is 0.0958 e. The molecule has 0 amide bonds. The molecule has 0 bridgehead atoms. The summed E-state index contributed by atoms with van der Waals surface area (Å²) >= 11 is 0. The highest BCUT2D eigenvalue weighted by Gasteiger charge is 2.02. The fraction of sp³-hybridized carbons (Fsp3) is 0.462. The molecule has 0 saturated heterocycles. The summed E-state index contributed by atoms with van der Waals surface area (Å²) in [6.45, 7) is 7.68. The normalized spacial score (nSPS) is 11.5. The minimum Gasteiger partial charge on any atom is -0.331 e. The van der Waals surface area contributed by atoms with E-state index in [2.05, 4.69) is 48.5 Å². The van der Waals surface area contributed by atoms with E-state index in [0.29, 0.717) is 0 Å². The van der Waals surface area contributed by atoms with Crippen molar-refractivity contribution in [3.8, 4) is 0 Å². The molecule has 0 aliphatic heterocycles. The number of aromatic nitrogens is 2. The van der Waals surface area contributed by atoms with Crippen LogP contribution in [0, 0.1) is 12.8 Å². The SMILES string of the molecule is Cc1ccc2c(c1)ncn2CCC(C)C. The van der Waals surface area contributed by atoms with E-state index in [4.69, 9.17) is 0 Å². The monoisotopic (exact) mass is 202 g/mol. The van der Waals surface area contributed by atoms with Gasteiger partial charge in [0.15, 0.2) is 0 Å². The van der Waals surface area contributed by atoms with Gasteiger partial charge in [0.1, 0.15) is 0 Å². The number of benzene rings is 1. The van der Waals surface area contributed by atoms with E-state index in [0.717, 1.165) is 18.0 Å². The molecular formula is C13H18N2. The van der Waals surface area contributed by atoms with Gasteiger partial charge < -0.3 is 4.57 Å². The lowest BCUT2D eigenvalue weighted by Gasteiger charge is -2.06. The fourth-order valence-corrected chi connectivity index (χ4v) is 1.75. The van der Waals surface area contributed by atoms with E-state index in [-0.39, 0.29) is 0 Å². The summed E-state index contributed by atoms with van der Waals surface area (Å²) in [5.74, 6) is 0.743. The van der Waals surface area contributed by atoms with Gasteiger partial charge in [-0.05, 0) is 37.0 Å². The third kappa shape index (κ3) is 2.20. The van der Waals surface area contributed by atoms with E-state index in [1.165, 1.54) is 17.5 Å². The number of aryl methyl sites for hydroxylation is 2. The standard InChI is InChI=1S/C13H18N2/c1-10(2)6-7-15-9-14-12-8-11(3)4-5-13(12)15/h4-5,8-10H,6-7H2,1-3H3. The first-order valence-corrected chi connectivity index (χ1v) is 5.58. The van der Waals surface area contributed by atoms with Gasteiger partial charge in [-0.3, -0.25) is 0 Å². The highest BCUT2D eigenvalue weighted by atomic mass is 15.0. The molecule has 0 aliphatic carbocycles. The van der Waals surface area contributed by atoms with E-state index in [1.54, 1.807) is 0 Å². The Labute approximate surface area is 90.9 Å². The Morgan fingerprint density at radius 2 is 2.13 bits per heavy atom. The number of nitrogens with zero attached hydrogens (tertiary/aromatic N) is 2. The lowest BCUT2D eigenvalue weighted by molar-refractivity contribution is 0.523. The first-order valence-electron chi connectivity index (χ1n) is 5.58. The number of fused-ring (bicyclic) bond motifs is 1. The van der Waals surface area contributed by atoms with Crippen LogP contribution in [-0.4, -0.2) is 9.55 Å². The van der Waals surface area contributed by atoms with Crippen molar-refractivity contribution in [1.29, 1.82) is 0 Å². The maximum atomic E-state index is 4.42. The average molecular weight is 202 g/mol. The molecule has 2 aromatic rings. The molecule has 1 aromatic carbocycles. The first kappa shape index (κ1) is 10.2. The molecule has 0 radical (unpaired) electrons. The second kappa shape index (κ2) is 4.05. The third-order valence-corrected chi connectivity index (χ3v) is 2.72. The zero-order valence-electron chi connectivity index (χ0n) is 9.70. The number of hydrogen-bond donors (Lipinski definition) is 0. The quantitative estimate of drug-likeness (QED) is 0.746. The van der Waals surface area contributed by atoms with Gasteiger partial charge in [-0.1, -0.05) is 19.9 Å². The molecule has 2 rings (SSSR count). The van der Waals surface area contributed by atoms with Crippen molar-refractivity contribution >= 4 is 11.0 Å². The minimum absolute atomic E-state index is 0.743. The van der Waals surface area contributed by atoms with Gasteiger partial charge in [0.25, 0.3) is 0 Å². The van der Waals surface area contributed by atoms with Crippen molar-refractivity contribution in [1.82, 2.24) is 9.55 Å². The summed E-state index contributed by atoms with van der Waals surface area (Å²) in [6, 6.07) is 6.45. The Hall–Kier alpha value is -1.31. The van der Waals surface area contributed by atoms with Crippen molar-refractivity contribution in [3.63, 3.8) is 0 Å². The second-order valence-corrected chi connectivity index (χ2v) is 4.61. The Bertz CT molecular complexity index is 455. The summed E-state index contributed by atoms with van der Waals surface area (Å²) in [5, 5.41) is 0. The molecule has 0 spiro atoms. The van der Waals surface area contributed by atoms with Gasteiger partial charge in [0.2, 0.25) is 0 Å². The summed E-state index contributed by atoms with van der Waals surface area (Å²) < 4.78 is 2.24. The Balaban J connectivity index is 2.29. The van der Waals surface area contributed by atoms with E-state index < -0.39 is 0 Å². The van der Waals surface area contributed by atoms with Crippen molar-refractivity contribution in [2.24, 2.45) is 5.92 Å². The molecule has 80 valence electrons. The Morgan fingerprint density at radius 3 is 2.87 bits per heavy atom. The second-order valence-electron chi connectivity index (χ2n) is 4.61. The van der Waals surface area contributed by atoms with Crippen LogP contribution in [0.1, 0.15) is 25.8 Å². The maximum absolute atomic E-state index is 4.42. The number of rotatable bonds is 3. The zero-order chi connectivity index (χ0) is 10.8. The topological polar surface area (TPSA) is 17.8 Å². The lowest BCUT2D eigenvalue weighted by Crippen LogP contribution is -1.99. The Kier molecular flexibility index (Phi) is 2.76. The number of hydrogen-bond acceptors (Lipinski definition) is 1. The van der Waals surface area contributed by atoms with Gasteiger partial charge in [-0.15, -0.1) is 0 Å². The van der Waals surface area contributed by atoms with Gasteiger partial charge in [0, 0.05) is 6.54 Å². The molecule has 15 heavy (non-hydrogen) atoms. The van der Waals surface area contributed by atoms with Gasteiger partial charge in [0.05, 0.1) is 17.4 Å². The Morgan fingerprint density at radius 1 is 1.33 bits per heavy atom. The van der Waals surface area contributed by atoms with E-state index >= 15 is 0 Å². The smallest absolute Gasteiger partial charge is 0.0958 e. The molecule has 2 nitrogen and oxygen atoms in total. The fourth-order valence-electron chi connectivity index (χ4n) is 1.75. The predicted octanol–water partition coefficient (Wildman–Crippen LogP) is 3.39. The molecular weight excluding hydrogens is 184 g/mol. The molecule has 0 N–H and O–H groups in total. The first-order chi connectivity index (χ1) is 7.16. The van der Waals surface area contributed by atoms with Crippen LogP contribution in [0.15, 0.2) is 24.5 Å². The van der Waals surface area contributed by atoms with Crippen LogP contribution in [0.4, 0.5) is 0 Å². The van der Waals surface area contributed by atoms with Gasteiger partial charge >= 0.3 is 0 Å². The molecule has 0 unspecified atom stereocenters. The van der Waals surface area contributed by atoms with Crippen LogP contribution in [0.25, 0.3) is 11.0 Å². The average Bonchev–Trinajstić information content (AvgIpc) is 2.57. The third-order valence-electron chi connectivity index (χ3n) is 2.72. The molecule has 2 heteroatoms. The summed E-state index contributed by atoms with van der Waals surface area (Å²) in [6.07, 6.45) is 3.16. The molecule has 0 aliphatic rings. The van der Waals surface area contributed by atoms with Gasteiger partial charge in [-0.2, -0.15) is 0 Å². The predicted molar refractivity (Wildman–Crippen MR) is 63.9 cm³/mol. The summed E-state index contributed by atoms with van der Waals surface area (Å²) in [7, 11) is 0. The zero-order valence-corrected chi connectivity index (χ0v) is 9.70. The largest absolute Gasteiger partial charge is 0.331 e. The molecule has 0 atom stereocenters. The molecule has 1 heterocycles. The van der Waals surface area contributed by atoms with Crippen LogP contribution in [0.5, 0.6) is 0 Å². The van der Waals surface area contributed by atoms with Crippen molar-refractivity contribution in [2.75, 3.05) is 0 Å². The van der Waals surface area contributed by atoms with Crippen LogP contribution in [0.3, 0.4) is 0 Å². The highest BCUT2D eigenvalue weighted by molar-refractivity contribution is 5.75. The van der Waals surface area contributed by atoms with Crippen LogP contribution in [-0.2, 0) is 6.54 Å². The van der Waals surface area contributed by atoms with Crippen molar-refractivity contribution < 1.29 is 0 Å². The minimum atomic E-state index is 0.743. The van der Waals surface area contributed by atoms with Crippen LogP contribution in [0.2, 0.25) is 0 Å².